The van der Waals surface area contributed by atoms with Gasteiger partial charge in [-0.25, -0.2) is 9.59 Å². The van der Waals surface area contributed by atoms with Crippen LogP contribution in [0.25, 0.3) is 0 Å². The molecule has 0 aliphatic carbocycles. The summed E-state index contributed by atoms with van der Waals surface area (Å²) in [5.41, 5.74) is 0.165. The van der Waals surface area contributed by atoms with Crippen molar-refractivity contribution in [1.82, 2.24) is 10.6 Å². The Morgan fingerprint density at radius 2 is 1.50 bits per heavy atom. The first-order chi connectivity index (χ1) is 15.2. The number of rotatable bonds is 9. The number of benzene rings is 2. The van der Waals surface area contributed by atoms with Gasteiger partial charge >= 0.3 is 12.1 Å². The molecule has 2 aromatic rings. The highest BCUT2D eigenvalue weighted by Crippen LogP contribution is 2.18. The lowest BCUT2D eigenvalue weighted by Crippen LogP contribution is -2.54. The molecule has 0 saturated heterocycles. The lowest BCUT2D eigenvalue weighted by molar-refractivity contribution is -0.145. The Bertz CT molecular complexity index is 884. The van der Waals surface area contributed by atoms with Crippen molar-refractivity contribution in [1.29, 1.82) is 0 Å². The maximum absolute atomic E-state index is 13.1. The Labute approximate surface area is 193 Å². The minimum Gasteiger partial charge on any atom is -0.467 e. The van der Waals surface area contributed by atoms with Crippen LogP contribution in [0.1, 0.15) is 26.3 Å². The number of hydrogen-bond donors (Lipinski definition) is 2. The van der Waals surface area contributed by atoms with Crippen LogP contribution in [0.2, 0.25) is 0 Å². The quantitative estimate of drug-likeness (QED) is 0.441. The van der Waals surface area contributed by atoms with Crippen LogP contribution in [0.15, 0.2) is 65.6 Å². The van der Waals surface area contributed by atoms with E-state index in [9.17, 15) is 14.4 Å². The van der Waals surface area contributed by atoms with E-state index in [-0.39, 0.29) is 12.2 Å². The second-order valence-electron chi connectivity index (χ2n) is 8.10. The fourth-order valence-electron chi connectivity index (χ4n) is 2.79. The Morgan fingerprint density at radius 1 is 0.906 bits per heavy atom. The van der Waals surface area contributed by atoms with Crippen molar-refractivity contribution in [2.75, 3.05) is 12.9 Å². The summed E-state index contributed by atoms with van der Waals surface area (Å²) in [6.45, 7) is 5.23. The predicted octanol–water partition coefficient (Wildman–Crippen LogP) is 3.57. The van der Waals surface area contributed by atoms with E-state index < -0.39 is 35.7 Å². The van der Waals surface area contributed by atoms with Crippen LogP contribution >= 0.6 is 11.8 Å². The molecule has 0 spiro atoms. The number of hydrogen-bond acceptors (Lipinski definition) is 6. The molecule has 2 N–H and O–H groups in total. The van der Waals surface area contributed by atoms with Gasteiger partial charge in [-0.15, -0.1) is 11.8 Å². The zero-order valence-corrected chi connectivity index (χ0v) is 19.6. The molecule has 0 unspecified atom stereocenters. The van der Waals surface area contributed by atoms with Crippen LogP contribution in [-0.4, -0.2) is 48.5 Å². The first-order valence-electron chi connectivity index (χ1n) is 10.3. The first-order valence-corrected chi connectivity index (χ1v) is 11.3. The van der Waals surface area contributed by atoms with Crippen LogP contribution in [0.5, 0.6) is 0 Å². The van der Waals surface area contributed by atoms with E-state index in [1.165, 1.54) is 18.9 Å². The van der Waals surface area contributed by atoms with E-state index in [1.807, 2.05) is 60.7 Å². The molecule has 0 heterocycles. The summed E-state index contributed by atoms with van der Waals surface area (Å²) in [5.74, 6) is -0.798. The Kier molecular flexibility index (Phi) is 9.59. The number of esters is 1. The van der Waals surface area contributed by atoms with Gasteiger partial charge in [0.2, 0.25) is 5.91 Å². The Hall–Kier alpha value is -3.00. The summed E-state index contributed by atoms with van der Waals surface area (Å²) in [6, 6.07) is 17.0. The SMILES string of the molecule is COC(=O)[C@H](Cc1ccccc1)NC(=O)[C@H](CSc1ccccc1)NC(=O)OC(C)(C)C. The van der Waals surface area contributed by atoms with Gasteiger partial charge in [-0.3, -0.25) is 4.79 Å². The highest BCUT2D eigenvalue weighted by atomic mass is 32.2. The summed E-state index contributed by atoms with van der Waals surface area (Å²) in [5, 5.41) is 5.35. The molecule has 172 valence electrons. The third kappa shape index (κ3) is 9.01. The number of alkyl carbamates (subject to hydrolysis) is 1. The van der Waals surface area contributed by atoms with E-state index in [2.05, 4.69) is 10.6 Å². The van der Waals surface area contributed by atoms with E-state index in [4.69, 9.17) is 9.47 Å². The van der Waals surface area contributed by atoms with Crippen LogP contribution in [-0.2, 0) is 25.5 Å². The minimum absolute atomic E-state index is 0.258. The van der Waals surface area contributed by atoms with Gasteiger partial charge in [0.1, 0.15) is 17.7 Å². The number of ether oxygens (including phenoxy) is 2. The second kappa shape index (κ2) is 12.1. The molecule has 0 aliphatic heterocycles. The average Bonchev–Trinajstić information content (AvgIpc) is 2.75. The van der Waals surface area contributed by atoms with Gasteiger partial charge in [0.15, 0.2) is 0 Å². The normalized spacial score (nSPS) is 12.9. The first kappa shape index (κ1) is 25.3. The summed E-state index contributed by atoms with van der Waals surface area (Å²) < 4.78 is 10.2. The molecule has 32 heavy (non-hydrogen) atoms. The zero-order chi connectivity index (χ0) is 23.6. The van der Waals surface area contributed by atoms with Crippen molar-refractivity contribution in [3.8, 4) is 0 Å². The smallest absolute Gasteiger partial charge is 0.408 e. The van der Waals surface area contributed by atoms with Gasteiger partial charge in [-0.1, -0.05) is 48.5 Å². The van der Waals surface area contributed by atoms with Crippen molar-refractivity contribution >= 4 is 29.7 Å². The molecule has 8 heteroatoms. The second-order valence-corrected chi connectivity index (χ2v) is 9.19. The van der Waals surface area contributed by atoms with Crippen LogP contribution in [0.4, 0.5) is 4.79 Å². The molecule has 2 atom stereocenters. The van der Waals surface area contributed by atoms with Crippen LogP contribution in [0, 0.1) is 0 Å². The molecule has 0 aromatic heterocycles. The molecule has 2 amide bonds. The summed E-state index contributed by atoms with van der Waals surface area (Å²) in [4.78, 5) is 38.7. The fraction of sp³-hybridized carbons (Fsp3) is 0.375. The minimum atomic E-state index is -0.919. The standard InChI is InChI=1S/C24H30N2O5S/c1-24(2,3)31-23(29)26-20(16-32-18-13-9-6-10-14-18)21(27)25-19(22(28)30-4)15-17-11-7-5-8-12-17/h5-14,19-20H,15-16H2,1-4H3,(H,25,27)(H,26,29)/t19-,20-/m0/s1. The molecular weight excluding hydrogens is 428 g/mol. The number of methoxy groups -OCH3 is 1. The highest BCUT2D eigenvalue weighted by Gasteiger charge is 2.29. The third-order valence-electron chi connectivity index (χ3n) is 4.25. The molecule has 0 fully saturated rings. The molecule has 2 aromatic carbocycles. The van der Waals surface area contributed by atoms with Gasteiger partial charge in [-0.2, -0.15) is 0 Å². The highest BCUT2D eigenvalue weighted by molar-refractivity contribution is 7.99. The summed E-state index contributed by atoms with van der Waals surface area (Å²) in [6.07, 6.45) is -0.437. The number of carbonyl (C=O) groups is 3. The lowest BCUT2D eigenvalue weighted by Gasteiger charge is -2.24. The van der Waals surface area contributed by atoms with Crippen molar-refractivity contribution < 1.29 is 23.9 Å². The Balaban J connectivity index is 2.13. The average molecular weight is 459 g/mol. The van der Waals surface area contributed by atoms with Crippen molar-refractivity contribution in [2.24, 2.45) is 0 Å². The Morgan fingerprint density at radius 3 is 2.06 bits per heavy atom. The number of carbonyl (C=O) groups excluding carboxylic acids is 3. The topological polar surface area (TPSA) is 93.7 Å². The van der Waals surface area contributed by atoms with Gasteiger partial charge in [0.25, 0.3) is 0 Å². The van der Waals surface area contributed by atoms with Crippen molar-refractivity contribution in [3.05, 3.63) is 66.2 Å². The number of thioether (sulfide) groups is 1. The van der Waals surface area contributed by atoms with E-state index in [0.29, 0.717) is 0 Å². The van der Waals surface area contributed by atoms with Crippen LogP contribution < -0.4 is 10.6 Å². The molecule has 0 bridgehead atoms. The van der Waals surface area contributed by atoms with Gasteiger partial charge in [-0.05, 0) is 38.5 Å². The van der Waals surface area contributed by atoms with Gasteiger partial charge in [0.05, 0.1) is 7.11 Å². The van der Waals surface area contributed by atoms with Gasteiger partial charge < -0.3 is 20.1 Å². The van der Waals surface area contributed by atoms with E-state index in [0.717, 1.165) is 10.5 Å². The fourth-order valence-corrected chi connectivity index (χ4v) is 3.73. The maximum atomic E-state index is 13.1. The summed E-state index contributed by atoms with van der Waals surface area (Å²) >= 11 is 1.41. The molecular formula is C24H30N2O5S. The number of amides is 2. The molecule has 0 aliphatic rings. The van der Waals surface area contributed by atoms with Crippen molar-refractivity contribution in [2.45, 2.75) is 49.8 Å². The van der Waals surface area contributed by atoms with Crippen molar-refractivity contribution in [3.63, 3.8) is 0 Å². The number of nitrogens with one attached hydrogen (secondary N) is 2. The van der Waals surface area contributed by atoms with Crippen LogP contribution in [0.3, 0.4) is 0 Å². The van der Waals surface area contributed by atoms with E-state index in [1.54, 1.807) is 20.8 Å². The lowest BCUT2D eigenvalue weighted by atomic mass is 10.1. The molecule has 2 rings (SSSR count). The molecule has 0 saturated carbocycles. The van der Waals surface area contributed by atoms with E-state index >= 15 is 0 Å². The zero-order valence-electron chi connectivity index (χ0n) is 18.8. The molecule has 0 radical (unpaired) electrons. The monoisotopic (exact) mass is 458 g/mol. The maximum Gasteiger partial charge on any atom is 0.408 e. The predicted molar refractivity (Wildman–Crippen MR) is 124 cm³/mol. The summed E-state index contributed by atoms with van der Waals surface area (Å²) in [7, 11) is 1.27. The third-order valence-corrected chi connectivity index (χ3v) is 5.36. The molecule has 7 nitrogen and oxygen atoms in total. The van der Waals surface area contributed by atoms with Gasteiger partial charge in [0, 0.05) is 17.1 Å². The largest absolute Gasteiger partial charge is 0.467 e.